The minimum Gasteiger partial charge on any atom is -0.364 e. The summed E-state index contributed by atoms with van der Waals surface area (Å²) in [4.78, 5) is 22.7. The van der Waals surface area contributed by atoms with E-state index < -0.39 is 9.85 Å². The maximum atomic E-state index is 11.1. The van der Waals surface area contributed by atoms with Gasteiger partial charge in [0, 0.05) is 30.7 Å². The van der Waals surface area contributed by atoms with E-state index >= 15 is 0 Å². The van der Waals surface area contributed by atoms with Gasteiger partial charge in [0.1, 0.15) is 5.69 Å². The minimum absolute atomic E-state index is 0.182. The Morgan fingerprint density at radius 2 is 1.79 bits per heavy atom. The predicted octanol–water partition coefficient (Wildman–Crippen LogP) is 2.36. The number of hydrogen-bond donors (Lipinski definition) is 0. The molecule has 7 nitrogen and oxygen atoms in total. The lowest BCUT2D eigenvalue weighted by Gasteiger charge is -2.29. The van der Waals surface area contributed by atoms with Crippen molar-refractivity contribution in [3.8, 4) is 0 Å². The van der Waals surface area contributed by atoms with Crippen molar-refractivity contribution in [2.75, 3.05) is 29.5 Å². The zero-order valence-electron chi connectivity index (χ0n) is 10.4. The van der Waals surface area contributed by atoms with Crippen molar-refractivity contribution in [3.05, 3.63) is 37.9 Å². The van der Waals surface area contributed by atoms with Crippen LogP contribution in [0, 0.1) is 27.2 Å². The lowest BCUT2D eigenvalue weighted by atomic mass is 10.1. The normalized spacial score (nSPS) is 15.3. The summed E-state index contributed by atoms with van der Waals surface area (Å²) in [6.07, 6.45) is 0. The predicted molar refractivity (Wildman–Crippen MR) is 74.0 cm³/mol. The Labute approximate surface area is 113 Å². The second-order valence-corrected chi connectivity index (χ2v) is 5.47. The van der Waals surface area contributed by atoms with Gasteiger partial charge in [-0.3, -0.25) is 20.2 Å². The molecule has 1 aromatic rings. The minimum atomic E-state index is -0.601. The molecule has 0 unspecified atom stereocenters. The average molecular weight is 283 g/mol. The molecular weight excluding hydrogens is 270 g/mol. The van der Waals surface area contributed by atoms with Gasteiger partial charge < -0.3 is 4.90 Å². The first-order valence-corrected chi connectivity index (χ1v) is 6.92. The van der Waals surface area contributed by atoms with Crippen LogP contribution in [0.15, 0.2) is 12.1 Å². The van der Waals surface area contributed by atoms with Crippen LogP contribution in [0.2, 0.25) is 0 Å². The van der Waals surface area contributed by atoms with Gasteiger partial charge in [0.25, 0.3) is 11.4 Å². The number of nitro groups is 2. The van der Waals surface area contributed by atoms with E-state index in [1.54, 1.807) is 18.7 Å². The van der Waals surface area contributed by atoms with Gasteiger partial charge in [-0.15, -0.1) is 0 Å². The molecule has 0 amide bonds. The van der Waals surface area contributed by atoms with Gasteiger partial charge in [0.15, 0.2) is 0 Å². The number of thioether (sulfide) groups is 1. The Bertz CT molecular complexity index is 529. The molecule has 1 fully saturated rings. The van der Waals surface area contributed by atoms with Gasteiger partial charge in [0.05, 0.1) is 15.9 Å². The number of hydrogen-bond acceptors (Lipinski definition) is 6. The topological polar surface area (TPSA) is 89.5 Å². The molecule has 1 aliphatic rings. The highest BCUT2D eigenvalue weighted by atomic mass is 32.2. The van der Waals surface area contributed by atoms with Gasteiger partial charge in [-0.1, -0.05) is 0 Å². The summed E-state index contributed by atoms with van der Waals surface area (Å²) < 4.78 is 0. The first kappa shape index (κ1) is 13.6. The summed E-state index contributed by atoms with van der Waals surface area (Å²) in [5.74, 6) is 1.82. The summed E-state index contributed by atoms with van der Waals surface area (Å²) in [5.41, 5.74) is 0.668. The molecule has 0 N–H and O–H groups in total. The van der Waals surface area contributed by atoms with Crippen LogP contribution < -0.4 is 4.90 Å². The molecule has 0 aliphatic carbocycles. The maximum absolute atomic E-state index is 11.1. The number of nitrogens with zero attached hydrogens (tertiary/aromatic N) is 3. The third-order valence-corrected chi connectivity index (χ3v) is 3.94. The van der Waals surface area contributed by atoms with Crippen molar-refractivity contribution in [3.63, 3.8) is 0 Å². The van der Waals surface area contributed by atoms with Crippen LogP contribution in [0.4, 0.5) is 17.1 Å². The molecule has 0 atom stereocenters. The molecule has 1 heterocycles. The summed E-state index contributed by atoms with van der Waals surface area (Å²) in [6.45, 7) is 3.13. The van der Waals surface area contributed by atoms with Crippen molar-refractivity contribution < 1.29 is 9.85 Å². The number of anilines is 1. The number of rotatable bonds is 3. The zero-order chi connectivity index (χ0) is 14.0. The van der Waals surface area contributed by atoms with E-state index in [2.05, 4.69) is 0 Å². The monoisotopic (exact) mass is 283 g/mol. The van der Waals surface area contributed by atoms with E-state index in [9.17, 15) is 20.2 Å². The zero-order valence-corrected chi connectivity index (χ0v) is 11.2. The molecule has 0 saturated carbocycles. The number of aryl methyl sites for hydroxylation is 1. The Balaban J connectivity index is 2.51. The van der Waals surface area contributed by atoms with Crippen molar-refractivity contribution in [1.82, 2.24) is 0 Å². The first-order valence-electron chi connectivity index (χ1n) is 5.77. The molecule has 0 radical (unpaired) electrons. The largest absolute Gasteiger partial charge is 0.364 e. The summed E-state index contributed by atoms with van der Waals surface area (Å²) >= 11 is 1.80. The molecule has 0 bridgehead atoms. The van der Waals surface area contributed by atoms with Gasteiger partial charge >= 0.3 is 0 Å². The molecule has 0 aromatic heterocycles. The SMILES string of the molecule is Cc1cc([N+](=O)[O-])cc([N+](=O)[O-])c1N1CCSCC1. The van der Waals surface area contributed by atoms with E-state index in [4.69, 9.17) is 0 Å². The molecule has 8 heteroatoms. The molecule has 1 aliphatic heterocycles. The van der Waals surface area contributed by atoms with E-state index in [0.29, 0.717) is 11.3 Å². The second-order valence-electron chi connectivity index (χ2n) is 4.24. The van der Waals surface area contributed by atoms with Crippen molar-refractivity contribution in [1.29, 1.82) is 0 Å². The highest BCUT2D eigenvalue weighted by Crippen LogP contribution is 2.36. The van der Waals surface area contributed by atoms with Gasteiger partial charge in [0.2, 0.25) is 0 Å². The van der Waals surface area contributed by atoms with Crippen LogP contribution in [-0.4, -0.2) is 34.4 Å². The fraction of sp³-hybridized carbons (Fsp3) is 0.455. The molecular formula is C11H13N3O4S. The Kier molecular flexibility index (Phi) is 3.89. The molecule has 1 saturated heterocycles. The molecule has 2 rings (SSSR count). The smallest absolute Gasteiger partial charge is 0.299 e. The standard InChI is InChI=1S/C11H13N3O4S/c1-8-6-9(13(15)16)7-10(14(17)18)11(8)12-2-4-19-5-3-12/h6-7H,2-5H2,1H3. The fourth-order valence-corrected chi connectivity index (χ4v) is 3.09. The molecule has 19 heavy (non-hydrogen) atoms. The first-order chi connectivity index (χ1) is 9.00. The van der Waals surface area contributed by atoms with Gasteiger partial charge in [-0.25, -0.2) is 0 Å². The van der Waals surface area contributed by atoms with E-state index in [1.165, 1.54) is 6.07 Å². The van der Waals surface area contributed by atoms with Crippen LogP contribution in [0.3, 0.4) is 0 Å². The average Bonchev–Trinajstić information content (AvgIpc) is 2.38. The number of nitro benzene ring substituents is 2. The van der Waals surface area contributed by atoms with E-state index in [0.717, 1.165) is 30.7 Å². The lowest BCUT2D eigenvalue weighted by Crippen LogP contribution is -2.33. The molecule has 0 spiro atoms. The van der Waals surface area contributed by atoms with Crippen molar-refractivity contribution in [2.45, 2.75) is 6.92 Å². The van der Waals surface area contributed by atoms with E-state index in [1.807, 2.05) is 4.90 Å². The summed E-state index contributed by atoms with van der Waals surface area (Å²) in [5, 5.41) is 21.9. The number of non-ortho nitro benzene ring substituents is 1. The quantitative estimate of drug-likeness (QED) is 0.625. The van der Waals surface area contributed by atoms with E-state index in [-0.39, 0.29) is 11.4 Å². The molecule has 1 aromatic carbocycles. The lowest BCUT2D eigenvalue weighted by molar-refractivity contribution is -0.393. The second kappa shape index (κ2) is 5.43. The third kappa shape index (κ3) is 2.78. The summed E-state index contributed by atoms with van der Waals surface area (Å²) in [7, 11) is 0. The van der Waals surface area contributed by atoms with Crippen LogP contribution >= 0.6 is 11.8 Å². The Morgan fingerprint density at radius 1 is 1.16 bits per heavy atom. The highest BCUT2D eigenvalue weighted by molar-refractivity contribution is 7.99. The third-order valence-electron chi connectivity index (χ3n) is 3.00. The van der Waals surface area contributed by atoms with Crippen LogP contribution in [-0.2, 0) is 0 Å². The van der Waals surface area contributed by atoms with Crippen LogP contribution in [0.25, 0.3) is 0 Å². The molecule has 102 valence electrons. The maximum Gasteiger partial charge on any atom is 0.299 e. The van der Waals surface area contributed by atoms with Crippen LogP contribution in [0.5, 0.6) is 0 Å². The highest BCUT2D eigenvalue weighted by Gasteiger charge is 2.27. The van der Waals surface area contributed by atoms with Crippen LogP contribution in [0.1, 0.15) is 5.56 Å². The Morgan fingerprint density at radius 3 is 2.32 bits per heavy atom. The van der Waals surface area contributed by atoms with Crippen molar-refractivity contribution in [2.24, 2.45) is 0 Å². The fourth-order valence-electron chi connectivity index (χ4n) is 2.19. The van der Waals surface area contributed by atoms with Gasteiger partial charge in [-0.2, -0.15) is 11.8 Å². The Hall–Kier alpha value is -1.83. The van der Waals surface area contributed by atoms with Gasteiger partial charge in [-0.05, 0) is 12.5 Å². The number of benzene rings is 1. The van der Waals surface area contributed by atoms with Crippen molar-refractivity contribution >= 4 is 28.8 Å². The summed E-state index contributed by atoms with van der Waals surface area (Å²) in [6, 6.07) is 2.44.